The summed E-state index contributed by atoms with van der Waals surface area (Å²) in [6.45, 7) is 1.86. The molecule has 0 saturated carbocycles. The predicted octanol–water partition coefficient (Wildman–Crippen LogP) is 2.41. The highest BCUT2D eigenvalue weighted by atomic mass is 32.2. The third-order valence-corrected chi connectivity index (χ3v) is 5.39. The molecular weight excluding hydrogens is 294 g/mol. The Hall–Kier alpha value is -1.14. The van der Waals surface area contributed by atoms with Crippen LogP contribution in [0.25, 0.3) is 0 Å². The first-order valence-corrected chi connectivity index (χ1v) is 8.65. The number of carboxylic acids is 1. The lowest BCUT2D eigenvalue weighted by Crippen LogP contribution is -2.54. The quantitative estimate of drug-likeness (QED) is 0.836. The normalized spacial score (nSPS) is 21.7. The van der Waals surface area contributed by atoms with Crippen LogP contribution in [0.4, 0.5) is 0 Å². The van der Waals surface area contributed by atoms with Crippen molar-refractivity contribution >= 4 is 35.4 Å². The fraction of sp³-hybridized carbons (Fsp3) is 0.429. The zero-order valence-corrected chi connectivity index (χ0v) is 13.1. The van der Waals surface area contributed by atoms with Crippen LogP contribution >= 0.6 is 23.5 Å². The van der Waals surface area contributed by atoms with Gasteiger partial charge in [0, 0.05) is 16.2 Å². The second-order valence-corrected chi connectivity index (χ2v) is 6.81. The zero-order valence-electron chi connectivity index (χ0n) is 11.4. The third kappa shape index (κ3) is 2.96. The molecule has 1 unspecified atom stereocenters. The van der Waals surface area contributed by atoms with Crippen molar-refractivity contribution in [1.82, 2.24) is 5.32 Å². The van der Waals surface area contributed by atoms with Crippen LogP contribution in [0, 0.1) is 6.92 Å². The molecule has 0 aromatic heterocycles. The van der Waals surface area contributed by atoms with Gasteiger partial charge in [-0.25, -0.2) is 4.79 Å². The molecule has 1 atom stereocenters. The van der Waals surface area contributed by atoms with Gasteiger partial charge >= 0.3 is 5.97 Å². The first kappa shape index (κ1) is 15.3. The summed E-state index contributed by atoms with van der Waals surface area (Å²) in [5.41, 5.74) is 0.282. The average molecular weight is 311 g/mol. The molecule has 0 spiro atoms. The second kappa shape index (κ2) is 6.10. The summed E-state index contributed by atoms with van der Waals surface area (Å²) in [6, 6.07) is 5.65. The summed E-state index contributed by atoms with van der Waals surface area (Å²) in [7, 11) is 0. The van der Waals surface area contributed by atoms with Crippen molar-refractivity contribution in [1.29, 1.82) is 0 Å². The van der Waals surface area contributed by atoms with E-state index in [-0.39, 0.29) is 5.91 Å². The number of aliphatic carboxylic acids is 1. The van der Waals surface area contributed by atoms with Crippen LogP contribution in [0.15, 0.2) is 23.1 Å². The fourth-order valence-corrected chi connectivity index (χ4v) is 3.91. The summed E-state index contributed by atoms with van der Waals surface area (Å²) in [4.78, 5) is 24.9. The summed E-state index contributed by atoms with van der Waals surface area (Å²) in [5, 5.41) is 12.1. The highest BCUT2D eigenvalue weighted by Crippen LogP contribution is 2.29. The van der Waals surface area contributed by atoms with Gasteiger partial charge in [0.2, 0.25) is 0 Å². The van der Waals surface area contributed by atoms with E-state index in [1.165, 1.54) is 0 Å². The van der Waals surface area contributed by atoms with Gasteiger partial charge in [0.15, 0.2) is 0 Å². The topological polar surface area (TPSA) is 66.4 Å². The van der Waals surface area contributed by atoms with E-state index < -0.39 is 11.5 Å². The van der Waals surface area contributed by atoms with Crippen molar-refractivity contribution < 1.29 is 14.7 Å². The molecule has 6 heteroatoms. The van der Waals surface area contributed by atoms with Gasteiger partial charge in [-0.2, -0.15) is 11.8 Å². The molecule has 1 saturated heterocycles. The average Bonchev–Trinajstić information content (AvgIpc) is 2.89. The summed E-state index contributed by atoms with van der Waals surface area (Å²) in [6.07, 6.45) is 2.42. The van der Waals surface area contributed by atoms with Crippen molar-refractivity contribution in [2.24, 2.45) is 0 Å². The summed E-state index contributed by atoms with van der Waals surface area (Å²) >= 11 is 3.12. The lowest BCUT2D eigenvalue weighted by Gasteiger charge is -2.25. The Kier molecular flexibility index (Phi) is 4.65. The number of thioether (sulfide) groups is 2. The van der Waals surface area contributed by atoms with Gasteiger partial charge in [-0.05, 0) is 43.0 Å². The monoisotopic (exact) mass is 311 g/mol. The van der Waals surface area contributed by atoms with Crippen LogP contribution in [0.1, 0.15) is 22.3 Å². The Morgan fingerprint density at radius 2 is 2.20 bits per heavy atom. The third-order valence-electron chi connectivity index (χ3n) is 3.47. The minimum absolute atomic E-state index is 0.302. The first-order chi connectivity index (χ1) is 9.48. The van der Waals surface area contributed by atoms with Gasteiger partial charge in [-0.15, -0.1) is 11.8 Å². The lowest BCUT2D eigenvalue weighted by atomic mass is 9.98. The fourth-order valence-electron chi connectivity index (χ4n) is 2.14. The highest BCUT2D eigenvalue weighted by Gasteiger charge is 2.43. The minimum atomic E-state index is -1.12. The highest BCUT2D eigenvalue weighted by molar-refractivity contribution is 7.99. The zero-order chi connectivity index (χ0) is 14.8. The van der Waals surface area contributed by atoms with Crippen molar-refractivity contribution in [2.75, 3.05) is 17.8 Å². The van der Waals surface area contributed by atoms with E-state index in [1.54, 1.807) is 23.5 Å². The molecule has 1 aliphatic heterocycles. The number of rotatable bonds is 4. The molecule has 1 aliphatic rings. The number of carbonyl (C=O) groups is 2. The SMILES string of the molecule is CSc1ccc(C)c(C(=O)NC2(C(=O)O)CCSC2)c1. The Morgan fingerprint density at radius 3 is 2.75 bits per heavy atom. The number of carbonyl (C=O) groups excluding carboxylic acids is 1. The maximum Gasteiger partial charge on any atom is 0.330 e. The van der Waals surface area contributed by atoms with Crippen LogP contribution in [0.5, 0.6) is 0 Å². The molecule has 0 radical (unpaired) electrons. The number of amides is 1. The molecule has 20 heavy (non-hydrogen) atoms. The van der Waals surface area contributed by atoms with E-state index in [9.17, 15) is 14.7 Å². The van der Waals surface area contributed by atoms with Crippen LogP contribution in [-0.4, -0.2) is 40.3 Å². The standard InChI is InChI=1S/C14H17NO3S2/c1-9-3-4-10(19-2)7-11(9)12(16)15-14(13(17)18)5-6-20-8-14/h3-4,7H,5-6,8H2,1-2H3,(H,15,16)(H,17,18). The number of aryl methyl sites for hydroxylation is 1. The molecule has 1 heterocycles. The van der Waals surface area contributed by atoms with Crippen LogP contribution in [-0.2, 0) is 4.79 Å². The first-order valence-electron chi connectivity index (χ1n) is 6.27. The lowest BCUT2D eigenvalue weighted by molar-refractivity contribution is -0.143. The molecule has 4 nitrogen and oxygen atoms in total. The number of hydrogen-bond acceptors (Lipinski definition) is 4. The molecule has 2 rings (SSSR count). The molecule has 2 N–H and O–H groups in total. The smallest absolute Gasteiger partial charge is 0.330 e. The van der Waals surface area contributed by atoms with E-state index >= 15 is 0 Å². The molecule has 1 aromatic carbocycles. The molecule has 1 aromatic rings. The van der Waals surface area contributed by atoms with E-state index in [0.29, 0.717) is 17.7 Å². The molecule has 0 aliphatic carbocycles. The molecular formula is C14H17NO3S2. The maximum absolute atomic E-state index is 12.4. The van der Waals surface area contributed by atoms with Gasteiger partial charge in [-0.1, -0.05) is 6.07 Å². The minimum Gasteiger partial charge on any atom is -0.479 e. The molecule has 0 bridgehead atoms. The number of carboxylic acid groups (broad SMARTS) is 1. The van der Waals surface area contributed by atoms with Crippen molar-refractivity contribution in [2.45, 2.75) is 23.8 Å². The van der Waals surface area contributed by atoms with Crippen molar-refractivity contribution in [3.05, 3.63) is 29.3 Å². The van der Waals surface area contributed by atoms with E-state index in [4.69, 9.17) is 0 Å². The Bertz CT molecular complexity index is 539. The largest absolute Gasteiger partial charge is 0.479 e. The van der Waals surface area contributed by atoms with E-state index in [1.807, 2.05) is 31.4 Å². The van der Waals surface area contributed by atoms with Crippen LogP contribution in [0.2, 0.25) is 0 Å². The van der Waals surface area contributed by atoms with Gasteiger partial charge in [0.05, 0.1) is 0 Å². The van der Waals surface area contributed by atoms with Crippen LogP contribution < -0.4 is 5.32 Å². The Balaban J connectivity index is 2.25. The van der Waals surface area contributed by atoms with Crippen molar-refractivity contribution in [3.8, 4) is 0 Å². The summed E-state index contributed by atoms with van der Waals surface area (Å²) in [5.74, 6) is -0.0658. The molecule has 1 fully saturated rings. The van der Waals surface area contributed by atoms with Gasteiger partial charge in [-0.3, -0.25) is 4.79 Å². The maximum atomic E-state index is 12.4. The van der Waals surface area contributed by atoms with E-state index in [2.05, 4.69) is 5.32 Å². The number of benzene rings is 1. The van der Waals surface area contributed by atoms with Gasteiger partial charge in [0.25, 0.3) is 5.91 Å². The number of nitrogens with one attached hydrogen (secondary N) is 1. The van der Waals surface area contributed by atoms with Crippen LogP contribution in [0.3, 0.4) is 0 Å². The second-order valence-electron chi connectivity index (χ2n) is 4.82. The molecule has 108 valence electrons. The predicted molar refractivity (Wildman–Crippen MR) is 82.7 cm³/mol. The Morgan fingerprint density at radius 1 is 1.45 bits per heavy atom. The Labute approximate surface area is 126 Å². The number of hydrogen-bond donors (Lipinski definition) is 2. The molecule has 1 amide bonds. The summed E-state index contributed by atoms with van der Waals surface area (Å²) < 4.78 is 0. The van der Waals surface area contributed by atoms with Crippen molar-refractivity contribution in [3.63, 3.8) is 0 Å². The van der Waals surface area contributed by atoms with Gasteiger partial charge < -0.3 is 10.4 Å². The van der Waals surface area contributed by atoms with E-state index in [0.717, 1.165) is 16.2 Å². The van der Waals surface area contributed by atoms with Gasteiger partial charge in [0.1, 0.15) is 5.54 Å².